The molecule has 0 radical (unpaired) electrons. The predicted octanol–water partition coefficient (Wildman–Crippen LogP) is 16.5. The lowest BCUT2D eigenvalue weighted by molar-refractivity contribution is -0.00518. The summed E-state index contributed by atoms with van der Waals surface area (Å²) in [6, 6.07) is 69.7. The highest BCUT2D eigenvalue weighted by molar-refractivity contribution is 6.13. The molecule has 2 heterocycles. The Balaban J connectivity index is 0.907. The predicted molar refractivity (Wildman–Crippen MR) is 261 cm³/mol. The first-order valence-electron chi connectivity index (χ1n) is 23.0. The van der Waals surface area contributed by atoms with Crippen molar-refractivity contribution in [1.82, 2.24) is 4.57 Å². The molecule has 0 atom stereocenters. The molecule has 4 aliphatic carbocycles. The Labute approximate surface area is 367 Å². The second-order valence-electron chi connectivity index (χ2n) is 19.1. The van der Waals surface area contributed by atoms with Crippen LogP contribution < -0.4 is 9.64 Å². The van der Waals surface area contributed by atoms with Crippen molar-refractivity contribution in [1.29, 1.82) is 0 Å². The molecule has 0 N–H and O–H groups in total. The molecule has 4 fully saturated rings. The van der Waals surface area contributed by atoms with Crippen LogP contribution in [0.5, 0.6) is 11.5 Å². The molecule has 302 valence electrons. The maximum atomic E-state index is 6.87. The zero-order valence-corrected chi connectivity index (χ0v) is 35.2. The fraction of sp³-hybridized carbons (Fsp3) is 0.167. The lowest BCUT2D eigenvalue weighted by Crippen LogP contribution is -2.48. The third-order valence-electron chi connectivity index (χ3n) is 15.5. The Morgan fingerprint density at radius 1 is 0.460 bits per heavy atom. The first-order valence-corrected chi connectivity index (χ1v) is 23.0. The van der Waals surface area contributed by atoms with E-state index in [2.05, 4.69) is 198 Å². The Bertz CT molecular complexity index is 3430. The molecule has 63 heavy (non-hydrogen) atoms. The van der Waals surface area contributed by atoms with E-state index in [0.29, 0.717) is 5.41 Å². The fourth-order valence-electron chi connectivity index (χ4n) is 13.3. The van der Waals surface area contributed by atoms with Gasteiger partial charge in [-0.15, -0.1) is 0 Å². The number of ether oxygens (including phenoxy) is 1. The van der Waals surface area contributed by atoms with Crippen molar-refractivity contribution in [2.24, 2.45) is 17.8 Å². The fourth-order valence-corrected chi connectivity index (χ4v) is 13.3. The molecule has 0 spiro atoms. The van der Waals surface area contributed by atoms with E-state index in [1.54, 1.807) is 5.56 Å². The van der Waals surface area contributed by atoms with Gasteiger partial charge in [0.05, 0.1) is 22.4 Å². The van der Waals surface area contributed by atoms with E-state index in [9.17, 15) is 0 Å². The van der Waals surface area contributed by atoms with E-state index in [1.165, 1.54) is 98.9 Å². The van der Waals surface area contributed by atoms with Crippen LogP contribution in [-0.2, 0) is 5.41 Å². The van der Waals surface area contributed by atoms with Gasteiger partial charge in [0.15, 0.2) is 11.5 Å². The van der Waals surface area contributed by atoms with E-state index in [1.807, 2.05) is 0 Å². The van der Waals surface area contributed by atoms with Gasteiger partial charge in [-0.1, -0.05) is 140 Å². The van der Waals surface area contributed by atoms with Gasteiger partial charge in [0.1, 0.15) is 0 Å². The van der Waals surface area contributed by atoms with E-state index >= 15 is 0 Å². The van der Waals surface area contributed by atoms with Crippen LogP contribution in [0.25, 0.3) is 71.3 Å². The van der Waals surface area contributed by atoms with Gasteiger partial charge in [-0.05, 0) is 149 Å². The molecule has 0 amide bonds. The van der Waals surface area contributed by atoms with E-state index in [0.717, 1.165) is 57.3 Å². The van der Waals surface area contributed by atoms with Crippen molar-refractivity contribution in [3.8, 4) is 39.4 Å². The molecule has 3 nitrogen and oxygen atoms in total. The minimum absolute atomic E-state index is 0.350. The van der Waals surface area contributed by atoms with Crippen LogP contribution in [0.3, 0.4) is 0 Å². The van der Waals surface area contributed by atoms with Crippen LogP contribution in [0.2, 0.25) is 0 Å². The number of hydrogen-bond acceptors (Lipinski definition) is 2. The van der Waals surface area contributed by atoms with Gasteiger partial charge < -0.3 is 14.2 Å². The SMILES string of the molecule is c1cc(-c2ccc(N(c3ccc(C45CC6CC(CC(C6)C4)C5)cc3)c3ccc(-c4cccc5ccccc45)c4ccccc34)cc2)c2c(c1)-n1c3ccccc3c3cccc(c31)O2. The molecule has 5 aliphatic rings. The van der Waals surface area contributed by atoms with E-state index < -0.39 is 0 Å². The highest BCUT2D eigenvalue weighted by atomic mass is 16.5. The normalized spacial score (nSPS) is 20.7. The van der Waals surface area contributed by atoms with Crippen LogP contribution in [-0.4, -0.2) is 4.57 Å². The van der Waals surface area contributed by atoms with Crippen molar-refractivity contribution >= 4 is 60.4 Å². The second kappa shape index (κ2) is 13.4. The van der Waals surface area contributed by atoms with Crippen LogP contribution in [0.15, 0.2) is 188 Å². The highest BCUT2D eigenvalue weighted by Gasteiger charge is 2.51. The van der Waals surface area contributed by atoms with Gasteiger partial charge in [-0.2, -0.15) is 0 Å². The topological polar surface area (TPSA) is 17.4 Å². The zero-order chi connectivity index (χ0) is 41.2. The Kier molecular flexibility index (Phi) is 7.58. The first kappa shape index (κ1) is 35.5. The molecular formula is C60H46N2O. The minimum atomic E-state index is 0.350. The van der Waals surface area contributed by atoms with Crippen molar-refractivity contribution in [2.75, 3.05) is 4.90 Å². The monoisotopic (exact) mass is 810 g/mol. The van der Waals surface area contributed by atoms with Crippen LogP contribution in [0.4, 0.5) is 17.1 Å². The summed E-state index contributed by atoms with van der Waals surface area (Å²) in [4.78, 5) is 2.48. The summed E-state index contributed by atoms with van der Waals surface area (Å²) in [5, 5.41) is 7.46. The molecular weight excluding hydrogens is 765 g/mol. The molecule has 0 saturated heterocycles. The van der Waals surface area contributed by atoms with Gasteiger partial charge >= 0.3 is 0 Å². The highest BCUT2D eigenvalue weighted by Crippen LogP contribution is 2.61. The third kappa shape index (κ3) is 5.32. The minimum Gasteiger partial charge on any atom is -0.452 e. The van der Waals surface area contributed by atoms with Crippen LogP contribution >= 0.6 is 0 Å². The summed E-state index contributed by atoms with van der Waals surface area (Å²) in [6.07, 6.45) is 8.49. The van der Waals surface area contributed by atoms with E-state index in [-0.39, 0.29) is 0 Å². The Morgan fingerprint density at radius 2 is 1.05 bits per heavy atom. The molecule has 4 bridgehead atoms. The number of nitrogens with zero attached hydrogens (tertiary/aromatic N) is 2. The van der Waals surface area contributed by atoms with Crippen molar-refractivity contribution in [3.05, 3.63) is 194 Å². The lowest BCUT2D eigenvalue weighted by Gasteiger charge is -2.57. The third-order valence-corrected chi connectivity index (χ3v) is 15.5. The second-order valence-corrected chi connectivity index (χ2v) is 19.1. The molecule has 1 aliphatic heterocycles. The average molecular weight is 811 g/mol. The van der Waals surface area contributed by atoms with Gasteiger partial charge in [-0.25, -0.2) is 0 Å². The summed E-state index contributed by atoms with van der Waals surface area (Å²) in [5.41, 5.74) is 13.5. The molecule has 1 aromatic heterocycles. The lowest BCUT2D eigenvalue weighted by atomic mass is 9.48. The quantitative estimate of drug-likeness (QED) is 0.166. The molecule has 15 rings (SSSR count). The van der Waals surface area contributed by atoms with Gasteiger partial charge in [0.25, 0.3) is 0 Å². The van der Waals surface area contributed by atoms with Crippen molar-refractivity contribution < 1.29 is 4.74 Å². The number of benzene rings is 9. The summed E-state index contributed by atoms with van der Waals surface area (Å²) in [5.74, 6) is 4.52. The average Bonchev–Trinajstić information content (AvgIpc) is 3.67. The van der Waals surface area contributed by atoms with Crippen molar-refractivity contribution in [3.63, 3.8) is 0 Å². The Morgan fingerprint density at radius 3 is 1.83 bits per heavy atom. The molecule has 10 aromatic rings. The van der Waals surface area contributed by atoms with Gasteiger partial charge in [-0.3, -0.25) is 0 Å². The largest absolute Gasteiger partial charge is 0.452 e. The Hall–Kier alpha value is -7.10. The summed E-state index contributed by atoms with van der Waals surface area (Å²) < 4.78 is 9.26. The number of rotatable bonds is 6. The molecule has 9 aromatic carbocycles. The summed E-state index contributed by atoms with van der Waals surface area (Å²) in [6.45, 7) is 0. The summed E-state index contributed by atoms with van der Waals surface area (Å²) >= 11 is 0. The van der Waals surface area contributed by atoms with Gasteiger partial charge in [0, 0.05) is 33.1 Å². The smallest absolute Gasteiger partial charge is 0.159 e. The van der Waals surface area contributed by atoms with Crippen molar-refractivity contribution in [2.45, 2.75) is 43.9 Å². The summed E-state index contributed by atoms with van der Waals surface area (Å²) in [7, 11) is 0. The van der Waals surface area contributed by atoms with Crippen LogP contribution in [0.1, 0.15) is 44.1 Å². The molecule has 0 unspecified atom stereocenters. The molecule has 3 heteroatoms. The number of hydrogen-bond donors (Lipinski definition) is 0. The zero-order valence-electron chi connectivity index (χ0n) is 35.2. The van der Waals surface area contributed by atoms with Crippen LogP contribution in [0, 0.1) is 17.8 Å². The maximum absolute atomic E-state index is 6.87. The number of aromatic nitrogens is 1. The van der Waals surface area contributed by atoms with Gasteiger partial charge in [0.2, 0.25) is 0 Å². The standard InChI is InChI=1S/C60H46N2O/c1-2-12-46-41(10-1)11-7-17-48(46)50-30-31-55(51-14-4-3-13-49(50)51)61(45-28-24-43(25-29-45)60-35-38-32-39(36-60)34-40(33-38)37-60)44-26-22-42(23-27-44)47-16-8-20-56-59(47)63-57-21-9-18-53-52-15-5-6-19-54(52)62(56)58(53)57/h1-31,38-40H,32-37H2. The number of fused-ring (bicyclic) bond motifs is 7. The maximum Gasteiger partial charge on any atom is 0.159 e. The number of para-hydroxylation sites is 3. The molecule has 4 saturated carbocycles. The van der Waals surface area contributed by atoms with E-state index in [4.69, 9.17) is 4.74 Å². The first-order chi connectivity index (χ1) is 31.2. The number of anilines is 3.